The molecule has 0 saturated carbocycles. The number of likely N-dealkylation sites (N-methyl/N-ethyl adjacent to an activating group) is 1. The van der Waals surface area contributed by atoms with Gasteiger partial charge in [0.2, 0.25) is 0 Å². The van der Waals surface area contributed by atoms with Crippen LogP contribution in [-0.2, 0) is 0 Å². The topological polar surface area (TPSA) is 21.8 Å². The van der Waals surface area contributed by atoms with Crippen molar-refractivity contribution < 1.29 is 0 Å². The second kappa shape index (κ2) is 5.25. The Labute approximate surface area is 93.2 Å². The molecule has 4 nitrogen and oxygen atoms in total. The van der Waals surface area contributed by atoms with Gasteiger partial charge in [-0.25, -0.2) is 5.01 Å². The molecule has 0 radical (unpaired) electrons. The van der Waals surface area contributed by atoms with E-state index in [2.05, 4.69) is 27.3 Å². The van der Waals surface area contributed by atoms with E-state index in [1.807, 2.05) is 7.05 Å². The number of rotatable bonds is 2. The number of nitrogens with zero attached hydrogens (tertiary/aromatic N) is 3. The number of piperazine rings is 1. The lowest BCUT2D eigenvalue weighted by molar-refractivity contribution is 0.0443. The van der Waals surface area contributed by atoms with Crippen LogP contribution in [0.15, 0.2) is 0 Å². The molecule has 1 atom stereocenters. The Balaban J connectivity index is 1.82. The van der Waals surface area contributed by atoms with Gasteiger partial charge in [0.1, 0.15) is 0 Å². The largest absolute Gasteiger partial charge is 0.304 e. The van der Waals surface area contributed by atoms with E-state index in [1.54, 1.807) is 0 Å². The lowest BCUT2D eigenvalue weighted by Crippen LogP contribution is -2.56. The van der Waals surface area contributed by atoms with Crippen molar-refractivity contribution in [1.29, 1.82) is 0 Å². The molecule has 0 aromatic heterocycles. The molecule has 88 valence electrons. The highest BCUT2D eigenvalue weighted by Gasteiger charge is 2.26. The van der Waals surface area contributed by atoms with Crippen LogP contribution in [-0.4, -0.2) is 74.2 Å². The monoisotopic (exact) mass is 212 g/mol. The summed E-state index contributed by atoms with van der Waals surface area (Å²) in [6.07, 6.45) is 2.71. The number of hydrogen-bond acceptors (Lipinski definition) is 4. The lowest BCUT2D eigenvalue weighted by Gasteiger charge is -2.42. The molecular weight excluding hydrogens is 188 g/mol. The summed E-state index contributed by atoms with van der Waals surface area (Å²) in [7, 11) is 4.25. The van der Waals surface area contributed by atoms with Crippen molar-refractivity contribution >= 4 is 0 Å². The summed E-state index contributed by atoms with van der Waals surface area (Å²) in [5, 5.41) is 2.35. The molecule has 15 heavy (non-hydrogen) atoms. The summed E-state index contributed by atoms with van der Waals surface area (Å²) in [6.45, 7) is 7.37. The predicted octanol–water partition coefficient (Wildman–Crippen LogP) is -0.167. The standard InChI is InChI=1S/C11H24N4/c1-12-15-5-3-4-11(10-15)14-8-6-13(2)7-9-14/h11-12H,3-10H2,1-2H3. The Morgan fingerprint density at radius 2 is 1.80 bits per heavy atom. The van der Waals surface area contributed by atoms with E-state index in [-0.39, 0.29) is 0 Å². The van der Waals surface area contributed by atoms with Crippen LogP contribution in [0.2, 0.25) is 0 Å². The zero-order chi connectivity index (χ0) is 10.7. The predicted molar refractivity (Wildman–Crippen MR) is 62.7 cm³/mol. The van der Waals surface area contributed by atoms with Crippen LogP contribution in [0.4, 0.5) is 0 Å². The first-order valence-electron chi connectivity index (χ1n) is 6.14. The third-order valence-corrected chi connectivity index (χ3v) is 3.77. The highest BCUT2D eigenvalue weighted by molar-refractivity contribution is 4.82. The number of hydrazine groups is 1. The van der Waals surface area contributed by atoms with Crippen molar-refractivity contribution in [2.75, 3.05) is 53.4 Å². The summed E-state index contributed by atoms with van der Waals surface area (Å²) >= 11 is 0. The summed E-state index contributed by atoms with van der Waals surface area (Å²) in [5.74, 6) is 0. The Bertz CT molecular complexity index is 189. The van der Waals surface area contributed by atoms with E-state index in [9.17, 15) is 0 Å². The maximum absolute atomic E-state index is 3.28. The fourth-order valence-electron chi connectivity index (χ4n) is 2.64. The molecule has 0 bridgehead atoms. The zero-order valence-electron chi connectivity index (χ0n) is 10.1. The van der Waals surface area contributed by atoms with Crippen molar-refractivity contribution in [3.05, 3.63) is 0 Å². The Morgan fingerprint density at radius 3 is 2.47 bits per heavy atom. The van der Waals surface area contributed by atoms with Crippen molar-refractivity contribution in [3.8, 4) is 0 Å². The highest BCUT2D eigenvalue weighted by atomic mass is 15.5. The van der Waals surface area contributed by atoms with E-state index in [1.165, 1.54) is 52.1 Å². The van der Waals surface area contributed by atoms with Gasteiger partial charge < -0.3 is 4.90 Å². The summed E-state index contributed by atoms with van der Waals surface area (Å²) in [4.78, 5) is 5.10. The van der Waals surface area contributed by atoms with Gasteiger partial charge in [-0.1, -0.05) is 0 Å². The van der Waals surface area contributed by atoms with Gasteiger partial charge >= 0.3 is 0 Å². The fourth-order valence-corrected chi connectivity index (χ4v) is 2.64. The van der Waals surface area contributed by atoms with Crippen molar-refractivity contribution in [3.63, 3.8) is 0 Å². The lowest BCUT2D eigenvalue weighted by atomic mass is 10.0. The first-order valence-corrected chi connectivity index (χ1v) is 6.14. The van der Waals surface area contributed by atoms with Crippen LogP contribution in [0, 0.1) is 0 Å². The minimum Gasteiger partial charge on any atom is -0.304 e. The molecule has 0 aromatic rings. The smallest absolute Gasteiger partial charge is 0.0287 e. The molecule has 2 saturated heterocycles. The summed E-state index contributed by atoms with van der Waals surface area (Å²) in [6, 6.07) is 0.778. The van der Waals surface area contributed by atoms with E-state index < -0.39 is 0 Å². The zero-order valence-corrected chi connectivity index (χ0v) is 10.1. The Hall–Kier alpha value is -0.160. The minimum absolute atomic E-state index is 0.778. The molecular formula is C11H24N4. The number of hydrogen-bond donors (Lipinski definition) is 1. The van der Waals surface area contributed by atoms with Crippen LogP contribution in [0.3, 0.4) is 0 Å². The average Bonchev–Trinajstić information content (AvgIpc) is 2.30. The van der Waals surface area contributed by atoms with Crippen LogP contribution >= 0.6 is 0 Å². The van der Waals surface area contributed by atoms with Crippen molar-refractivity contribution in [1.82, 2.24) is 20.2 Å². The van der Waals surface area contributed by atoms with E-state index in [4.69, 9.17) is 0 Å². The third kappa shape index (κ3) is 2.91. The summed E-state index contributed by atoms with van der Waals surface area (Å²) < 4.78 is 0. The second-order valence-corrected chi connectivity index (χ2v) is 4.80. The molecule has 2 aliphatic heterocycles. The molecule has 0 aromatic carbocycles. The van der Waals surface area contributed by atoms with Crippen LogP contribution in [0.5, 0.6) is 0 Å². The third-order valence-electron chi connectivity index (χ3n) is 3.77. The minimum atomic E-state index is 0.778. The van der Waals surface area contributed by atoms with Gasteiger partial charge in [-0.3, -0.25) is 10.3 Å². The van der Waals surface area contributed by atoms with Crippen LogP contribution < -0.4 is 5.43 Å². The first-order chi connectivity index (χ1) is 7.29. The Morgan fingerprint density at radius 1 is 1.07 bits per heavy atom. The SMILES string of the molecule is CNN1CCCC(N2CCN(C)CC2)C1. The fraction of sp³-hybridized carbons (Fsp3) is 1.00. The quantitative estimate of drug-likeness (QED) is 0.686. The van der Waals surface area contributed by atoms with E-state index in [0.717, 1.165) is 6.04 Å². The van der Waals surface area contributed by atoms with Gasteiger partial charge in [-0.05, 0) is 26.9 Å². The first kappa shape index (κ1) is 11.3. The van der Waals surface area contributed by atoms with E-state index >= 15 is 0 Å². The molecule has 0 aliphatic carbocycles. The van der Waals surface area contributed by atoms with Gasteiger partial charge in [-0.2, -0.15) is 0 Å². The molecule has 0 amide bonds. The van der Waals surface area contributed by atoms with Gasteiger partial charge in [0, 0.05) is 45.3 Å². The number of nitrogens with one attached hydrogen (secondary N) is 1. The van der Waals surface area contributed by atoms with Gasteiger partial charge in [0.05, 0.1) is 0 Å². The van der Waals surface area contributed by atoms with Gasteiger partial charge in [-0.15, -0.1) is 0 Å². The van der Waals surface area contributed by atoms with Gasteiger partial charge in [0.15, 0.2) is 0 Å². The van der Waals surface area contributed by atoms with Gasteiger partial charge in [0.25, 0.3) is 0 Å². The molecule has 2 fully saturated rings. The highest BCUT2D eigenvalue weighted by Crippen LogP contribution is 2.15. The molecule has 1 unspecified atom stereocenters. The van der Waals surface area contributed by atoms with E-state index in [0.29, 0.717) is 0 Å². The summed E-state index contributed by atoms with van der Waals surface area (Å²) in [5.41, 5.74) is 3.28. The molecule has 0 spiro atoms. The maximum Gasteiger partial charge on any atom is 0.0287 e. The molecule has 1 N–H and O–H groups in total. The molecule has 2 aliphatic rings. The molecule has 2 rings (SSSR count). The van der Waals surface area contributed by atoms with Crippen molar-refractivity contribution in [2.45, 2.75) is 18.9 Å². The molecule has 4 heteroatoms. The second-order valence-electron chi connectivity index (χ2n) is 4.80. The maximum atomic E-state index is 3.28. The Kier molecular flexibility index (Phi) is 3.97. The van der Waals surface area contributed by atoms with Crippen LogP contribution in [0.1, 0.15) is 12.8 Å². The molecule has 2 heterocycles. The average molecular weight is 212 g/mol. The number of piperidine rings is 1. The van der Waals surface area contributed by atoms with Crippen LogP contribution in [0.25, 0.3) is 0 Å². The normalized spacial score (nSPS) is 32.0. The van der Waals surface area contributed by atoms with Crippen molar-refractivity contribution in [2.24, 2.45) is 0 Å².